The summed E-state index contributed by atoms with van der Waals surface area (Å²) in [4.78, 5) is 11.1. The molecule has 0 bridgehead atoms. The number of nitrogens with one attached hydrogen (secondary N) is 2. The predicted molar refractivity (Wildman–Crippen MR) is 86.1 cm³/mol. The average molecular weight is 327 g/mol. The maximum absolute atomic E-state index is 11.1. The Morgan fingerprint density at radius 2 is 2.36 bits per heavy atom. The lowest BCUT2D eigenvalue weighted by atomic mass is 9.89. The molecule has 0 aliphatic carbocycles. The van der Waals surface area contributed by atoms with Crippen LogP contribution < -0.4 is 10.6 Å². The van der Waals surface area contributed by atoms with Crippen LogP contribution in [-0.2, 0) is 9.47 Å². The van der Waals surface area contributed by atoms with Crippen molar-refractivity contribution in [3.63, 3.8) is 0 Å². The van der Waals surface area contributed by atoms with Crippen molar-refractivity contribution in [1.29, 1.82) is 0 Å². The van der Waals surface area contributed by atoms with Crippen LogP contribution in [-0.4, -0.2) is 39.4 Å². The molecule has 0 aromatic heterocycles. The summed E-state index contributed by atoms with van der Waals surface area (Å²) in [6, 6.07) is 7.77. The SMILES string of the molecule is CNC(=O)OCCOC(c1cccc(Cl)c1)[C@@H]1CCCNC1. The van der Waals surface area contributed by atoms with Crippen LogP contribution in [0.3, 0.4) is 0 Å². The normalized spacial score (nSPS) is 19.5. The molecule has 22 heavy (non-hydrogen) atoms. The number of carbonyl (C=O) groups is 1. The van der Waals surface area contributed by atoms with Crippen molar-refractivity contribution >= 4 is 17.7 Å². The van der Waals surface area contributed by atoms with Crippen molar-refractivity contribution in [2.45, 2.75) is 18.9 Å². The van der Waals surface area contributed by atoms with Crippen molar-refractivity contribution in [3.05, 3.63) is 34.9 Å². The van der Waals surface area contributed by atoms with E-state index < -0.39 is 6.09 Å². The summed E-state index contributed by atoms with van der Waals surface area (Å²) in [5.74, 6) is 0.396. The second-order valence-electron chi connectivity index (χ2n) is 5.34. The lowest BCUT2D eigenvalue weighted by molar-refractivity contribution is -0.0162. The third kappa shape index (κ3) is 5.16. The molecule has 122 valence electrons. The molecule has 0 spiro atoms. The molecule has 1 amide bonds. The molecule has 1 aromatic carbocycles. The first kappa shape index (κ1) is 17.1. The third-order valence-electron chi connectivity index (χ3n) is 3.76. The molecule has 2 atom stereocenters. The minimum Gasteiger partial charge on any atom is -0.447 e. The van der Waals surface area contributed by atoms with Crippen LogP contribution in [0.1, 0.15) is 24.5 Å². The lowest BCUT2D eigenvalue weighted by Crippen LogP contribution is -2.34. The van der Waals surface area contributed by atoms with Gasteiger partial charge in [0.1, 0.15) is 6.61 Å². The van der Waals surface area contributed by atoms with Crippen molar-refractivity contribution in [3.8, 4) is 0 Å². The number of hydrogen-bond donors (Lipinski definition) is 2. The van der Waals surface area contributed by atoms with Crippen molar-refractivity contribution < 1.29 is 14.3 Å². The summed E-state index contributed by atoms with van der Waals surface area (Å²) in [6.07, 6.45) is 1.77. The van der Waals surface area contributed by atoms with Gasteiger partial charge in [0.15, 0.2) is 0 Å². The van der Waals surface area contributed by atoms with E-state index in [1.165, 1.54) is 7.05 Å². The Hall–Kier alpha value is -1.30. The number of halogens is 1. The number of amides is 1. The Morgan fingerprint density at radius 1 is 1.50 bits per heavy atom. The van der Waals surface area contributed by atoms with E-state index in [1.54, 1.807) is 0 Å². The summed E-state index contributed by atoms with van der Waals surface area (Å²) in [5.41, 5.74) is 1.07. The van der Waals surface area contributed by atoms with Gasteiger partial charge in [0.25, 0.3) is 0 Å². The molecule has 1 heterocycles. The highest BCUT2D eigenvalue weighted by atomic mass is 35.5. The predicted octanol–water partition coefficient (Wildman–Crippen LogP) is 2.75. The molecule has 0 radical (unpaired) electrons. The van der Waals surface area contributed by atoms with Gasteiger partial charge in [-0.1, -0.05) is 23.7 Å². The average Bonchev–Trinajstić information content (AvgIpc) is 2.55. The Labute approximate surface area is 136 Å². The van der Waals surface area contributed by atoms with Crippen LogP contribution in [0.2, 0.25) is 5.02 Å². The molecule has 1 aliphatic heterocycles. The van der Waals surface area contributed by atoms with Gasteiger partial charge in [-0.3, -0.25) is 0 Å². The van der Waals surface area contributed by atoms with E-state index in [2.05, 4.69) is 10.6 Å². The molecule has 5 nitrogen and oxygen atoms in total. The largest absolute Gasteiger partial charge is 0.447 e. The second kappa shape index (κ2) is 8.98. The van der Waals surface area contributed by atoms with E-state index in [1.807, 2.05) is 24.3 Å². The molecule has 1 aliphatic rings. The van der Waals surface area contributed by atoms with Gasteiger partial charge >= 0.3 is 6.09 Å². The number of hydrogen-bond acceptors (Lipinski definition) is 4. The topological polar surface area (TPSA) is 59.6 Å². The van der Waals surface area contributed by atoms with Gasteiger partial charge in [0.05, 0.1) is 12.7 Å². The highest BCUT2D eigenvalue weighted by Crippen LogP contribution is 2.31. The van der Waals surface area contributed by atoms with E-state index >= 15 is 0 Å². The van der Waals surface area contributed by atoms with Gasteiger partial charge in [-0.2, -0.15) is 0 Å². The molecular formula is C16H23ClN2O3. The molecule has 1 aromatic rings. The fraction of sp³-hybridized carbons (Fsp3) is 0.562. The van der Waals surface area contributed by atoms with Crippen molar-refractivity contribution in [2.75, 3.05) is 33.4 Å². The second-order valence-corrected chi connectivity index (χ2v) is 5.78. The standard InChI is InChI=1S/C16H23ClN2O3/c1-18-16(20)22-9-8-21-15(13-5-3-7-19-11-13)12-4-2-6-14(17)10-12/h2,4,6,10,13,15,19H,3,5,7-9,11H2,1H3,(H,18,20)/t13-,15?/m1/s1. The number of benzene rings is 1. The van der Waals surface area contributed by atoms with E-state index in [4.69, 9.17) is 21.1 Å². The van der Waals surface area contributed by atoms with E-state index in [0.717, 1.165) is 31.5 Å². The highest BCUT2D eigenvalue weighted by Gasteiger charge is 2.26. The molecule has 0 saturated carbocycles. The third-order valence-corrected chi connectivity index (χ3v) is 3.99. The Bertz CT molecular complexity index is 478. The lowest BCUT2D eigenvalue weighted by Gasteiger charge is -2.31. The number of rotatable bonds is 6. The molecule has 2 rings (SSSR count). The van der Waals surface area contributed by atoms with Gasteiger partial charge in [0, 0.05) is 24.5 Å². The van der Waals surface area contributed by atoms with Gasteiger partial charge < -0.3 is 20.1 Å². The molecule has 6 heteroatoms. The maximum atomic E-state index is 11.1. The van der Waals surface area contributed by atoms with Crippen LogP contribution in [0.4, 0.5) is 4.79 Å². The Kier molecular flexibility index (Phi) is 6.96. The quantitative estimate of drug-likeness (QED) is 0.789. The van der Waals surface area contributed by atoms with Crippen molar-refractivity contribution in [1.82, 2.24) is 10.6 Å². The Morgan fingerprint density at radius 3 is 3.05 bits per heavy atom. The monoisotopic (exact) mass is 326 g/mol. The summed E-state index contributed by atoms with van der Waals surface area (Å²) < 4.78 is 11.0. The van der Waals surface area contributed by atoms with Crippen LogP contribution in [0.15, 0.2) is 24.3 Å². The van der Waals surface area contributed by atoms with Gasteiger partial charge in [-0.25, -0.2) is 4.79 Å². The van der Waals surface area contributed by atoms with Gasteiger partial charge in [-0.15, -0.1) is 0 Å². The molecular weight excluding hydrogens is 304 g/mol. The first-order valence-corrected chi connectivity index (χ1v) is 8.01. The zero-order valence-corrected chi connectivity index (χ0v) is 13.6. The number of alkyl carbamates (subject to hydrolysis) is 1. The van der Waals surface area contributed by atoms with Crippen LogP contribution in [0, 0.1) is 5.92 Å². The smallest absolute Gasteiger partial charge is 0.406 e. The molecule has 2 N–H and O–H groups in total. The van der Waals surface area contributed by atoms with Crippen LogP contribution >= 0.6 is 11.6 Å². The summed E-state index contributed by atoms with van der Waals surface area (Å²) in [6.45, 7) is 2.57. The van der Waals surface area contributed by atoms with Crippen LogP contribution in [0.25, 0.3) is 0 Å². The molecule has 1 unspecified atom stereocenters. The van der Waals surface area contributed by atoms with E-state index in [-0.39, 0.29) is 12.7 Å². The van der Waals surface area contributed by atoms with Crippen molar-refractivity contribution in [2.24, 2.45) is 5.92 Å². The zero-order chi connectivity index (χ0) is 15.8. The maximum Gasteiger partial charge on any atom is 0.406 e. The van der Waals surface area contributed by atoms with E-state index in [9.17, 15) is 4.79 Å². The first-order valence-electron chi connectivity index (χ1n) is 7.63. The Balaban J connectivity index is 1.97. The summed E-state index contributed by atoms with van der Waals surface area (Å²) >= 11 is 6.10. The zero-order valence-electron chi connectivity index (χ0n) is 12.8. The van der Waals surface area contributed by atoms with Gasteiger partial charge in [-0.05, 0) is 37.1 Å². The fourth-order valence-corrected chi connectivity index (χ4v) is 2.91. The minimum absolute atomic E-state index is 0.0419. The minimum atomic E-state index is -0.442. The van der Waals surface area contributed by atoms with Crippen LogP contribution in [0.5, 0.6) is 0 Å². The van der Waals surface area contributed by atoms with Gasteiger partial charge in [0.2, 0.25) is 0 Å². The molecule has 1 saturated heterocycles. The fourth-order valence-electron chi connectivity index (χ4n) is 2.71. The molecule has 1 fully saturated rings. The first-order chi connectivity index (χ1) is 10.7. The number of piperidine rings is 1. The highest BCUT2D eigenvalue weighted by molar-refractivity contribution is 6.30. The summed E-state index contributed by atoms with van der Waals surface area (Å²) in [7, 11) is 1.53. The van der Waals surface area contributed by atoms with E-state index in [0.29, 0.717) is 17.5 Å². The number of carbonyl (C=O) groups excluding carboxylic acids is 1. The summed E-state index contributed by atoms with van der Waals surface area (Å²) in [5, 5.41) is 6.53. The number of ether oxygens (including phenoxy) is 2.